The first-order chi connectivity index (χ1) is 15.2. The summed E-state index contributed by atoms with van der Waals surface area (Å²) in [6.07, 6.45) is 5.12. The normalized spacial score (nSPS) is 18.7. The van der Waals surface area contributed by atoms with E-state index in [0.29, 0.717) is 0 Å². The lowest BCUT2D eigenvalue weighted by Crippen LogP contribution is -2.26. The highest BCUT2D eigenvalue weighted by Crippen LogP contribution is 2.45. The largest absolute Gasteiger partial charge is 0.300 e. The van der Waals surface area contributed by atoms with Crippen LogP contribution >= 0.6 is 0 Å². The molecule has 2 saturated carbocycles. The molecule has 4 rings (SSSR count). The lowest BCUT2D eigenvalue weighted by Gasteiger charge is -2.36. The number of carbonyl (C=O) groups is 1. The molecule has 7 heteroatoms. The Morgan fingerprint density at radius 3 is 1.22 bits per heavy atom. The van der Waals surface area contributed by atoms with Crippen molar-refractivity contribution in [2.75, 3.05) is 0 Å². The van der Waals surface area contributed by atoms with Crippen LogP contribution in [0.15, 0.2) is 24.3 Å². The molecule has 2 aliphatic rings. The van der Waals surface area contributed by atoms with Crippen LogP contribution in [0.1, 0.15) is 74.3 Å². The number of carbonyl (C=O) groups excluding carboxylic acids is 1. The molecule has 2 atom stereocenters. The van der Waals surface area contributed by atoms with Crippen molar-refractivity contribution in [3.63, 3.8) is 0 Å². The Hall–Kier alpha value is -2.31. The molecule has 172 valence electrons. The average Bonchev–Trinajstić information content (AvgIpc) is 2.65. The molecular formula is C25H24F6O. The fourth-order valence-electron chi connectivity index (χ4n) is 4.95. The second-order valence-corrected chi connectivity index (χ2v) is 9.14. The number of hydrogen-bond donors (Lipinski definition) is 0. The zero-order valence-electron chi connectivity index (χ0n) is 17.5. The van der Waals surface area contributed by atoms with Crippen LogP contribution in [0.5, 0.6) is 0 Å². The van der Waals surface area contributed by atoms with Gasteiger partial charge in [0.1, 0.15) is 5.78 Å². The van der Waals surface area contributed by atoms with Gasteiger partial charge in [0.25, 0.3) is 0 Å². The third-order valence-electron chi connectivity index (χ3n) is 7.20. The number of benzene rings is 2. The van der Waals surface area contributed by atoms with Gasteiger partial charge in [0.05, 0.1) is 0 Å². The van der Waals surface area contributed by atoms with Gasteiger partial charge in [-0.25, -0.2) is 26.3 Å². The highest BCUT2D eigenvalue weighted by Gasteiger charge is 2.35. The minimum Gasteiger partial charge on any atom is -0.300 e. The number of Topliss-reactive ketones (excluding diaryl/α,β-unsaturated/α-hetero) is 1. The van der Waals surface area contributed by atoms with Gasteiger partial charge in [-0.05, 0) is 84.7 Å². The average molecular weight is 454 g/mol. The van der Waals surface area contributed by atoms with Crippen LogP contribution < -0.4 is 0 Å². The van der Waals surface area contributed by atoms with Crippen molar-refractivity contribution in [3.05, 3.63) is 70.3 Å². The molecule has 1 nitrogen and oxygen atoms in total. The van der Waals surface area contributed by atoms with Crippen molar-refractivity contribution in [2.45, 2.75) is 63.2 Å². The monoisotopic (exact) mass is 454 g/mol. The zero-order chi connectivity index (χ0) is 23.0. The Morgan fingerprint density at radius 1 is 0.656 bits per heavy atom. The van der Waals surface area contributed by atoms with Gasteiger partial charge in [0.2, 0.25) is 0 Å². The number of hydrogen-bond acceptors (Lipinski definition) is 1. The van der Waals surface area contributed by atoms with Crippen molar-refractivity contribution < 1.29 is 31.1 Å². The summed E-state index contributed by atoms with van der Waals surface area (Å²) >= 11 is 0. The maximum Gasteiger partial charge on any atom is 0.194 e. The molecule has 0 bridgehead atoms. The number of ketones is 1. The van der Waals surface area contributed by atoms with Gasteiger partial charge in [-0.3, -0.25) is 4.79 Å². The van der Waals surface area contributed by atoms with Gasteiger partial charge in [0.15, 0.2) is 34.9 Å². The van der Waals surface area contributed by atoms with Crippen molar-refractivity contribution in [3.8, 4) is 0 Å². The summed E-state index contributed by atoms with van der Waals surface area (Å²) in [5.41, 5.74) is 0.497. The lowest BCUT2D eigenvalue weighted by atomic mass is 9.68. The second-order valence-electron chi connectivity index (χ2n) is 9.14. The highest BCUT2D eigenvalue weighted by molar-refractivity contribution is 5.80. The summed E-state index contributed by atoms with van der Waals surface area (Å²) in [7, 11) is 0. The minimum atomic E-state index is -1.54. The maximum absolute atomic E-state index is 13.8. The van der Waals surface area contributed by atoms with Crippen LogP contribution in [0.25, 0.3) is 0 Å². The van der Waals surface area contributed by atoms with Crippen LogP contribution in [0.4, 0.5) is 26.3 Å². The SMILES string of the molecule is O=C(C[C@H](c1cc(F)c(F)c(F)c1)C1CCC1)C[C@H](c1cc(F)c(F)c(F)c1)C1CCC1. The van der Waals surface area contributed by atoms with E-state index in [1.807, 2.05) is 0 Å². The molecule has 0 heterocycles. The smallest absolute Gasteiger partial charge is 0.194 e. The van der Waals surface area contributed by atoms with E-state index < -0.39 is 46.7 Å². The summed E-state index contributed by atoms with van der Waals surface area (Å²) in [4.78, 5) is 13.0. The molecule has 0 spiro atoms. The predicted molar refractivity (Wildman–Crippen MR) is 107 cm³/mol. The van der Waals surface area contributed by atoms with Crippen molar-refractivity contribution in [1.29, 1.82) is 0 Å². The minimum absolute atomic E-state index is 0.00452. The molecular weight excluding hydrogens is 430 g/mol. The lowest BCUT2D eigenvalue weighted by molar-refractivity contribution is -0.120. The van der Waals surface area contributed by atoms with Gasteiger partial charge >= 0.3 is 0 Å². The first-order valence-corrected chi connectivity index (χ1v) is 11.0. The van der Waals surface area contributed by atoms with Crippen LogP contribution in [-0.4, -0.2) is 5.78 Å². The Labute approximate surface area is 182 Å². The summed E-state index contributed by atoms with van der Waals surface area (Å²) in [6, 6.07) is 3.79. The summed E-state index contributed by atoms with van der Waals surface area (Å²) in [6.45, 7) is 0. The Morgan fingerprint density at radius 2 is 0.969 bits per heavy atom. The van der Waals surface area contributed by atoms with E-state index in [0.717, 1.165) is 62.8 Å². The van der Waals surface area contributed by atoms with Crippen LogP contribution in [0, 0.1) is 46.7 Å². The maximum atomic E-state index is 13.8. The molecule has 2 aliphatic carbocycles. The molecule has 2 aromatic carbocycles. The number of halogens is 6. The summed E-state index contributed by atoms with van der Waals surface area (Å²) < 4.78 is 82.1. The molecule has 0 aliphatic heterocycles. The Bertz CT molecular complexity index is 886. The number of rotatable bonds is 8. The molecule has 0 radical (unpaired) electrons. The molecule has 0 N–H and O–H groups in total. The molecule has 2 fully saturated rings. The van der Waals surface area contributed by atoms with Crippen molar-refractivity contribution in [2.24, 2.45) is 11.8 Å². The van der Waals surface area contributed by atoms with E-state index in [4.69, 9.17) is 0 Å². The van der Waals surface area contributed by atoms with Gasteiger partial charge in [-0.2, -0.15) is 0 Å². The van der Waals surface area contributed by atoms with Gasteiger partial charge < -0.3 is 0 Å². The topological polar surface area (TPSA) is 17.1 Å². The predicted octanol–water partition coefficient (Wildman–Crippen LogP) is 7.34. The second kappa shape index (κ2) is 9.28. The van der Waals surface area contributed by atoms with Gasteiger partial charge in [-0.1, -0.05) is 12.8 Å². The van der Waals surface area contributed by atoms with Crippen LogP contribution in [0.2, 0.25) is 0 Å². The van der Waals surface area contributed by atoms with E-state index in [-0.39, 0.29) is 41.6 Å². The first kappa shape index (κ1) is 22.9. The molecule has 32 heavy (non-hydrogen) atoms. The Kier molecular flexibility index (Phi) is 6.63. The van der Waals surface area contributed by atoms with Gasteiger partial charge in [-0.15, -0.1) is 0 Å². The van der Waals surface area contributed by atoms with Crippen molar-refractivity contribution in [1.82, 2.24) is 0 Å². The molecule has 0 unspecified atom stereocenters. The van der Waals surface area contributed by atoms with Crippen molar-refractivity contribution >= 4 is 5.78 Å². The summed E-state index contributed by atoms with van der Waals surface area (Å²) in [5, 5.41) is 0. The Balaban J connectivity index is 1.56. The van der Waals surface area contributed by atoms with E-state index >= 15 is 0 Å². The van der Waals surface area contributed by atoms with E-state index in [2.05, 4.69) is 0 Å². The van der Waals surface area contributed by atoms with E-state index in [9.17, 15) is 31.1 Å². The quantitative estimate of drug-likeness (QED) is 0.301. The fraction of sp³-hybridized carbons (Fsp3) is 0.480. The molecule has 0 amide bonds. The highest BCUT2D eigenvalue weighted by atomic mass is 19.2. The van der Waals surface area contributed by atoms with E-state index in [1.165, 1.54) is 0 Å². The van der Waals surface area contributed by atoms with Crippen LogP contribution in [0.3, 0.4) is 0 Å². The standard InChI is InChI=1S/C25H24F6O/c26-20-7-15(8-21(27)24(20)30)18(13-3-1-4-13)11-17(32)12-19(14-5-2-6-14)16-9-22(28)25(31)23(29)10-16/h7-10,13-14,18-19H,1-6,11-12H2/t18-,19-/m0/s1. The molecule has 2 aromatic rings. The first-order valence-electron chi connectivity index (χ1n) is 11.0. The third kappa shape index (κ3) is 4.57. The third-order valence-corrected chi connectivity index (χ3v) is 7.20. The zero-order valence-corrected chi connectivity index (χ0v) is 17.5. The van der Waals surface area contributed by atoms with E-state index in [1.54, 1.807) is 0 Å². The van der Waals surface area contributed by atoms with Crippen LogP contribution in [-0.2, 0) is 4.79 Å². The molecule has 0 aromatic heterocycles. The van der Waals surface area contributed by atoms with Gasteiger partial charge in [0, 0.05) is 12.8 Å². The summed E-state index contributed by atoms with van der Waals surface area (Å²) in [5.74, 6) is -9.23. The fourth-order valence-corrected chi connectivity index (χ4v) is 4.95. The molecule has 0 saturated heterocycles.